The van der Waals surface area contributed by atoms with Crippen molar-refractivity contribution in [3.05, 3.63) is 36.1 Å². The molecule has 0 aliphatic carbocycles. The van der Waals surface area contributed by atoms with Crippen molar-refractivity contribution in [3.63, 3.8) is 0 Å². The maximum atomic E-state index is 12.1. The van der Waals surface area contributed by atoms with Crippen molar-refractivity contribution >= 4 is 22.8 Å². The number of fused-ring (bicyclic) bond motifs is 1. The van der Waals surface area contributed by atoms with E-state index in [1.54, 1.807) is 20.8 Å². The van der Waals surface area contributed by atoms with E-state index in [1.165, 1.54) is 0 Å². The Morgan fingerprint density at radius 2 is 2.00 bits per heavy atom. The van der Waals surface area contributed by atoms with Crippen LogP contribution in [-0.2, 0) is 9.59 Å². The summed E-state index contributed by atoms with van der Waals surface area (Å²) in [5, 5.41) is 12.6. The monoisotopic (exact) mass is 289 g/mol. The molecule has 5 nitrogen and oxygen atoms in total. The van der Waals surface area contributed by atoms with Crippen LogP contribution in [0.2, 0.25) is 0 Å². The molecule has 112 valence electrons. The third-order valence-corrected chi connectivity index (χ3v) is 3.55. The van der Waals surface area contributed by atoms with Crippen molar-refractivity contribution in [2.75, 3.05) is 6.54 Å². The number of para-hydroxylation sites is 1. The number of carbonyl (C=O) groups is 2. The fourth-order valence-electron chi connectivity index (χ4n) is 1.88. The number of amides is 1. The lowest BCUT2D eigenvalue weighted by molar-refractivity contribution is -0.146. The Hall–Kier alpha value is -2.30. The molecule has 2 aromatic rings. The van der Waals surface area contributed by atoms with Gasteiger partial charge >= 0.3 is 5.97 Å². The molecule has 1 heterocycles. The molecule has 1 amide bonds. The maximum absolute atomic E-state index is 12.1. The van der Waals surface area contributed by atoms with Gasteiger partial charge in [0.2, 0.25) is 5.91 Å². The minimum Gasteiger partial charge on any atom is -0.481 e. The molecule has 0 bridgehead atoms. The van der Waals surface area contributed by atoms with Crippen LogP contribution in [0, 0.1) is 5.41 Å². The summed E-state index contributed by atoms with van der Waals surface area (Å²) in [5.74, 6) is -1.09. The van der Waals surface area contributed by atoms with E-state index in [0.29, 0.717) is 5.76 Å². The number of carboxylic acids is 1. The molecule has 0 radical (unpaired) electrons. The van der Waals surface area contributed by atoms with Crippen LogP contribution in [0.15, 0.2) is 34.7 Å². The molecule has 0 aliphatic heterocycles. The SMILES string of the molecule is CC(C(=O)NCC(C)(C)C(=O)O)c1cc2ccccc2o1. The maximum Gasteiger partial charge on any atom is 0.310 e. The Labute approximate surface area is 122 Å². The molecule has 5 heteroatoms. The van der Waals surface area contributed by atoms with Gasteiger partial charge in [0.15, 0.2) is 0 Å². The quantitative estimate of drug-likeness (QED) is 0.887. The van der Waals surface area contributed by atoms with Crippen molar-refractivity contribution in [1.29, 1.82) is 0 Å². The molecule has 2 N–H and O–H groups in total. The Kier molecular flexibility index (Phi) is 4.02. The van der Waals surface area contributed by atoms with Crippen LogP contribution in [0.1, 0.15) is 32.4 Å². The van der Waals surface area contributed by atoms with Gasteiger partial charge in [0, 0.05) is 11.9 Å². The van der Waals surface area contributed by atoms with E-state index in [2.05, 4.69) is 5.32 Å². The van der Waals surface area contributed by atoms with Crippen LogP contribution in [0.5, 0.6) is 0 Å². The van der Waals surface area contributed by atoms with E-state index >= 15 is 0 Å². The summed E-state index contributed by atoms with van der Waals surface area (Å²) < 4.78 is 5.65. The first-order valence-corrected chi connectivity index (χ1v) is 6.81. The average Bonchev–Trinajstić information content (AvgIpc) is 2.87. The lowest BCUT2D eigenvalue weighted by Crippen LogP contribution is -2.40. The summed E-state index contributed by atoms with van der Waals surface area (Å²) in [7, 11) is 0. The van der Waals surface area contributed by atoms with E-state index in [9.17, 15) is 9.59 Å². The summed E-state index contributed by atoms with van der Waals surface area (Å²) in [4.78, 5) is 23.1. The third-order valence-electron chi connectivity index (χ3n) is 3.55. The minimum atomic E-state index is -0.997. The predicted octanol–water partition coefficient (Wildman–Crippen LogP) is 2.76. The molecule has 1 aromatic heterocycles. The molecule has 1 aromatic carbocycles. The van der Waals surface area contributed by atoms with Gasteiger partial charge in [-0.25, -0.2) is 0 Å². The highest BCUT2D eigenvalue weighted by atomic mass is 16.4. The van der Waals surface area contributed by atoms with Gasteiger partial charge in [0.1, 0.15) is 11.3 Å². The van der Waals surface area contributed by atoms with Gasteiger partial charge in [-0.1, -0.05) is 18.2 Å². The fraction of sp³-hybridized carbons (Fsp3) is 0.375. The van der Waals surface area contributed by atoms with E-state index in [4.69, 9.17) is 9.52 Å². The number of hydrogen-bond acceptors (Lipinski definition) is 3. The van der Waals surface area contributed by atoms with Gasteiger partial charge in [-0.05, 0) is 32.9 Å². The summed E-state index contributed by atoms with van der Waals surface area (Å²) in [5.41, 5.74) is -0.262. The number of carboxylic acid groups (broad SMARTS) is 1. The first-order chi connectivity index (χ1) is 9.81. The van der Waals surface area contributed by atoms with Crippen molar-refractivity contribution in [2.45, 2.75) is 26.7 Å². The summed E-state index contributed by atoms with van der Waals surface area (Å²) in [6.45, 7) is 4.95. The Balaban J connectivity index is 2.07. The number of carbonyl (C=O) groups excluding carboxylic acids is 1. The van der Waals surface area contributed by atoms with Gasteiger partial charge < -0.3 is 14.8 Å². The van der Waals surface area contributed by atoms with Crippen LogP contribution in [0.3, 0.4) is 0 Å². The van der Waals surface area contributed by atoms with Gasteiger partial charge in [-0.15, -0.1) is 0 Å². The summed E-state index contributed by atoms with van der Waals surface area (Å²) in [6.07, 6.45) is 0. The zero-order valence-electron chi connectivity index (χ0n) is 12.3. The van der Waals surface area contributed by atoms with E-state index in [1.807, 2.05) is 30.3 Å². The van der Waals surface area contributed by atoms with E-state index in [-0.39, 0.29) is 12.5 Å². The average molecular weight is 289 g/mol. The Bertz CT molecular complexity index is 639. The lowest BCUT2D eigenvalue weighted by Gasteiger charge is -2.20. The molecular formula is C16H19NO4. The minimum absolute atomic E-state index is 0.0751. The van der Waals surface area contributed by atoms with Gasteiger partial charge in [0.05, 0.1) is 11.3 Å². The second-order valence-corrected chi connectivity index (χ2v) is 5.82. The molecule has 0 fully saturated rings. The summed E-state index contributed by atoms with van der Waals surface area (Å²) in [6, 6.07) is 9.37. The molecule has 0 aliphatic rings. The number of benzene rings is 1. The Morgan fingerprint density at radius 3 is 2.62 bits per heavy atom. The normalized spacial score (nSPS) is 13.1. The zero-order valence-corrected chi connectivity index (χ0v) is 12.3. The number of hydrogen-bond donors (Lipinski definition) is 2. The Morgan fingerprint density at radius 1 is 1.33 bits per heavy atom. The smallest absolute Gasteiger partial charge is 0.310 e. The highest BCUT2D eigenvalue weighted by Crippen LogP contribution is 2.25. The molecular weight excluding hydrogens is 270 g/mol. The standard InChI is InChI=1S/C16H19NO4/c1-10(14(18)17-9-16(2,3)15(19)20)13-8-11-6-4-5-7-12(11)21-13/h4-8,10H,9H2,1-3H3,(H,17,18)(H,19,20). The van der Waals surface area contributed by atoms with Crippen molar-refractivity contribution in [3.8, 4) is 0 Å². The second kappa shape index (κ2) is 5.60. The molecule has 2 rings (SSSR count). The van der Waals surface area contributed by atoms with Gasteiger partial charge in [-0.3, -0.25) is 9.59 Å². The van der Waals surface area contributed by atoms with Crippen molar-refractivity contribution in [2.24, 2.45) is 5.41 Å². The molecule has 0 saturated carbocycles. The first-order valence-electron chi connectivity index (χ1n) is 6.81. The van der Waals surface area contributed by atoms with Crippen LogP contribution < -0.4 is 5.32 Å². The number of aliphatic carboxylic acids is 1. The highest BCUT2D eigenvalue weighted by molar-refractivity contribution is 5.86. The zero-order chi connectivity index (χ0) is 15.6. The number of nitrogens with one attached hydrogen (secondary N) is 1. The molecule has 0 saturated heterocycles. The molecule has 21 heavy (non-hydrogen) atoms. The van der Waals surface area contributed by atoms with Gasteiger partial charge in [0.25, 0.3) is 0 Å². The fourth-order valence-corrected chi connectivity index (χ4v) is 1.88. The topological polar surface area (TPSA) is 79.5 Å². The van der Waals surface area contributed by atoms with Crippen LogP contribution in [0.25, 0.3) is 11.0 Å². The lowest BCUT2D eigenvalue weighted by atomic mass is 9.93. The highest BCUT2D eigenvalue weighted by Gasteiger charge is 2.29. The molecule has 1 atom stereocenters. The predicted molar refractivity (Wildman–Crippen MR) is 79.1 cm³/mol. The van der Waals surface area contributed by atoms with Gasteiger partial charge in [-0.2, -0.15) is 0 Å². The second-order valence-electron chi connectivity index (χ2n) is 5.82. The number of rotatable bonds is 5. The van der Waals surface area contributed by atoms with E-state index < -0.39 is 17.3 Å². The largest absolute Gasteiger partial charge is 0.481 e. The van der Waals surface area contributed by atoms with Crippen LogP contribution in [0.4, 0.5) is 0 Å². The molecule has 1 unspecified atom stereocenters. The number of furan rings is 1. The van der Waals surface area contributed by atoms with Crippen LogP contribution >= 0.6 is 0 Å². The molecule has 0 spiro atoms. The van der Waals surface area contributed by atoms with Crippen LogP contribution in [-0.4, -0.2) is 23.5 Å². The third kappa shape index (κ3) is 3.24. The van der Waals surface area contributed by atoms with Crippen molar-refractivity contribution in [1.82, 2.24) is 5.32 Å². The van der Waals surface area contributed by atoms with Crippen molar-refractivity contribution < 1.29 is 19.1 Å². The summed E-state index contributed by atoms with van der Waals surface area (Å²) >= 11 is 0. The first kappa shape index (κ1) is 15.1. The van der Waals surface area contributed by atoms with E-state index in [0.717, 1.165) is 11.0 Å².